The predicted octanol–water partition coefficient (Wildman–Crippen LogP) is 3.89. The summed E-state index contributed by atoms with van der Waals surface area (Å²) in [5.74, 6) is 0.697. The van der Waals surface area contributed by atoms with Gasteiger partial charge >= 0.3 is 0 Å². The maximum atomic E-state index is 5.93. The minimum atomic E-state index is 0.676. The fourth-order valence-electron chi connectivity index (χ4n) is 3.04. The quantitative estimate of drug-likeness (QED) is 0.746. The van der Waals surface area contributed by atoms with Crippen LogP contribution in [0, 0.1) is 13.8 Å². The molecule has 4 nitrogen and oxygen atoms in total. The van der Waals surface area contributed by atoms with Crippen LogP contribution in [0.2, 0.25) is 0 Å². The van der Waals surface area contributed by atoms with Crippen LogP contribution in [0.1, 0.15) is 35.2 Å². The topological polar surface area (TPSA) is 38.3 Å². The van der Waals surface area contributed by atoms with Crippen LogP contribution in [0.4, 0.5) is 0 Å². The SMILES string of the molecule is Cc1ccc(C)c(CCCOc2nsnc2C2=CCCN(C)C2)c1. The Balaban J connectivity index is 1.55. The number of likely N-dealkylation sites (N-methyl/N-ethyl adjacent to an activating group) is 1. The molecule has 5 heteroatoms. The van der Waals surface area contributed by atoms with Gasteiger partial charge in [0.2, 0.25) is 0 Å². The molecule has 0 fully saturated rings. The third kappa shape index (κ3) is 4.22. The standard InChI is InChI=1S/C19H25N3OS/c1-14-8-9-15(2)16(12-14)7-5-11-23-19-18(20-24-21-19)17-6-4-10-22(3)13-17/h6,8-9,12H,4-5,7,10-11,13H2,1-3H3. The maximum Gasteiger partial charge on any atom is 0.253 e. The Kier molecular flexibility index (Phi) is 5.63. The molecule has 0 radical (unpaired) electrons. The van der Waals surface area contributed by atoms with E-state index in [2.05, 4.69) is 58.8 Å². The summed E-state index contributed by atoms with van der Waals surface area (Å²) in [7, 11) is 2.14. The average Bonchev–Trinajstić information content (AvgIpc) is 3.03. The van der Waals surface area contributed by atoms with Crippen LogP contribution < -0.4 is 4.74 Å². The van der Waals surface area contributed by atoms with Gasteiger partial charge in [-0.15, -0.1) is 4.37 Å². The number of benzene rings is 1. The van der Waals surface area contributed by atoms with Crippen molar-refractivity contribution in [1.82, 2.24) is 13.6 Å². The third-order valence-electron chi connectivity index (χ3n) is 4.44. The Hall–Kier alpha value is -1.72. The molecule has 0 atom stereocenters. The van der Waals surface area contributed by atoms with E-state index in [-0.39, 0.29) is 0 Å². The Bertz CT molecular complexity index is 723. The van der Waals surface area contributed by atoms with Gasteiger partial charge in [-0.25, -0.2) is 0 Å². The molecule has 1 aliphatic rings. The minimum absolute atomic E-state index is 0.676. The second kappa shape index (κ2) is 7.90. The second-order valence-electron chi connectivity index (χ2n) is 6.56. The summed E-state index contributed by atoms with van der Waals surface area (Å²) < 4.78 is 14.7. The number of nitrogens with zero attached hydrogens (tertiary/aromatic N) is 3. The summed E-state index contributed by atoms with van der Waals surface area (Å²) in [5, 5.41) is 0. The number of ether oxygens (including phenoxy) is 1. The normalized spacial score (nSPS) is 15.4. The van der Waals surface area contributed by atoms with Crippen LogP contribution in [-0.4, -0.2) is 40.4 Å². The number of hydrogen-bond donors (Lipinski definition) is 0. The van der Waals surface area contributed by atoms with Crippen molar-refractivity contribution in [3.8, 4) is 5.88 Å². The van der Waals surface area contributed by atoms with Crippen molar-refractivity contribution in [2.45, 2.75) is 33.1 Å². The lowest BCUT2D eigenvalue weighted by molar-refractivity contribution is 0.300. The van der Waals surface area contributed by atoms with E-state index >= 15 is 0 Å². The van der Waals surface area contributed by atoms with E-state index in [1.165, 1.54) is 34.0 Å². The summed E-state index contributed by atoms with van der Waals surface area (Å²) >= 11 is 1.24. The van der Waals surface area contributed by atoms with Crippen molar-refractivity contribution in [1.29, 1.82) is 0 Å². The molecular formula is C19H25N3OS. The number of hydrogen-bond acceptors (Lipinski definition) is 5. The van der Waals surface area contributed by atoms with Crippen LogP contribution in [0.25, 0.3) is 5.57 Å². The number of rotatable bonds is 6. The summed E-state index contributed by atoms with van der Waals surface area (Å²) in [6.45, 7) is 7.01. The van der Waals surface area contributed by atoms with Gasteiger partial charge in [0, 0.05) is 13.1 Å². The first-order valence-corrected chi connectivity index (χ1v) is 9.26. The van der Waals surface area contributed by atoms with Gasteiger partial charge in [0.25, 0.3) is 5.88 Å². The molecule has 1 aliphatic heterocycles. The molecule has 0 saturated carbocycles. The minimum Gasteiger partial charge on any atom is -0.475 e. The van der Waals surface area contributed by atoms with E-state index in [0.717, 1.165) is 38.0 Å². The summed E-state index contributed by atoms with van der Waals surface area (Å²) in [6, 6.07) is 6.63. The van der Waals surface area contributed by atoms with Gasteiger partial charge < -0.3 is 9.64 Å². The molecule has 0 unspecified atom stereocenters. The molecule has 128 valence electrons. The molecule has 0 saturated heterocycles. The molecule has 2 aromatic rings. The third-order valence-corrected chi connectivity index (χ3v) is 4.95. The molecular weight excluding hydrogens is 318 g/mol. The molecule has 1 aromatic heterocycles. The van der Waals surface area contributed by atoms with Gasteiger partial charge in [-0.1, -0.05) is 29.8 Å². The lowest BCUT2D eigenvalue weighted by Gasteiger charge is -2.22. The van der Waals surface area contributed by atoms with Crippen LogP contribution >= 0.6 is 11.7 Å². The van der Waals surface area contributed by atoms with E-state index in [4.69, 9.17) is 4.74 Å². The van der Waals surface area contributed by atoms with Crippen molar-refractivity contribution in [3.63, 3.8) is 0 Å². The molecule has 0 N–H and O–H groups in total. The highest BCUT2D eigenvalue weighted by Gasteiger charge is 2.18. The van der Waals surface area contributed by atoms with Gasteiger partial charge in [-0.05, 0) is 56.9 Å². The van der Waals surface area contributed by atoms with E-state index in [9.17, 15) is 0 Å². The maximum absolute atomic E-state index is 5.93. The van der Waals surface area contributed by atoms with Crippen molar-refractivity contribution in [2.75, 3.05) is 26.7 Å². The molecule has 0 bridgehead atoms. The summed E-state index contributed by atoms with van der Waals surface area (Å²) in [5.41, 5.74) is 6.25. The van der Waals surface area contributed by atoms with Crippen molar-refractivity contribution < 1.29 is 4.74 Å². The number of aryl methyl sites for hydroxylation is 3. The van der Waals surface area contributed by atoms with Gasteiger partial charge in [-0.2, -0.15) is 4.37 Å². The Morgan fingerprint density at radius 1 is 1.25 bits per heavy atom. The Morgan fingerprint density at radius 3 is 2.96 bits per heavy atom. The van der Waals surface area contributed by atoms with Gasteiger partial charge in [0.15, 0.2) is 0 Å². The molecule has 0 aliphatic carbocycles. The molecule has 24 heavy (non-hydrogen) atoms. The molecule has 0 amide bonds. The highest BCUT2D eigenvalue weighted by atomic mass is 32.1. The first-order chi connectivity index (χ1) is 11.6. The van der Waals surface area contributed by atoms with E-state index in [1.807, 2.05) is 0 Å². The zero-order valence-corrected chi connectivity index (χ0v) is 15.5. The monoisotopic (exact) mass is 343 g/mol. The first-order valence-electron chi connectivity index (χ1n) is 8.53. The van der Waals surface area contributed by atoms with Crippen LogP contribution in [0.15, 0.2) is 24.3 Å². The Labute approximate surface area is 148 Å². The van der Waals surface area contributed by atoms with Crippen LogP contribution in [-0.2, 0) is 6.42 Å². The summed E-state index contributed by atoms with van der Waals surface area (Å²) in [4.78, 5) is 2.30. The van der Waals surface area contributed by atoms with Gasteiger partial charge in [-0.3, -0.25) is 0 Å². The predicted molar refractivity (Wildman–Crippen MR) is 99.7 cm³/mol. The van der Waals surface area contributed by atoms with E-state index in [0.29, 0.717) is 12.5 Å². The van der Waals surface area contributed by atoms with Crippen LogP contribution in [0.3, 0.4) is 0 Å². The van der Waals surface area contributed by atoms with Crippen molar-refractivity contribution in [3.05, 3.63) is 46.7 Å². The molecule has 1 aromatic carbocycles. The second-order valence-corrected chi connectivity index (χ2v) is 7.08. The molecule has 0 spiro atoms. The highest BCUT2D eigenvalue weighted by molar-refractivity contribution is 6.99. The lowest BCUT2D eigenvalue weighted by atomic mass is 10.0. The van der Waals surface area contributed by atoms with Crippen molar-refractivity contribution in [2.24, 2.45) is 0 Å². The summed E-state index contributed by atoms with van der Waals surface area (Å²) in [6.07, 6.45) is 5.35. The highest BCUT2D eigenvalue weighted by Crippen LogP contribution is 2.27. The fourth-order valence-corrected chi connectivity index (χ4v) is 3.57. The molecule has 2 heterocycles. The smallest absolute Gasteiger partial charge is 0.253 e. The van der Waals surface area contributed by atoms with Crippen LogP contribution in [0.5, 0.6) is 5.88 Å². The van der Waals surface area contributed by atoms with Crippen molar-refractivity contribution >= 4 is 17.3 Å². The first kappa shape index (κ1) is 17.1. The van der Waals surface area contributed by atoms with Gasteiger partial charge in [0.05, 0.1) is 18.3 Å². The molecule has 3 rings (SSSR count). The zero-order chi connectivity index (χ0) is 16.9. The Morgan fingerprint density at radius 2 is 2.12 bits per heavy atom. The van der Waals surface area contributed by atoms with E-state index < -0.39 is 0 Å². The fraction of sp³-hybridized carbons (Fsp3) is 0.474. The van der Waals surface area contributed by atoms with Gasteiger partial charge in [0.1, 0.15) is 5.69 Å². The largest absolute Gasteiger partial charge is 0.475 e. The average molecular weight is 343 g/mol. The van der Waals surface area contributed by atoms with E-state index in [1.54, 1.807) is 0 Å². The number of aromatic nitrogens is 2. The zero-order valence-electron chi connectivity index (χ0n) is 14.7. The lowest BCUT2D eigenvalue weighted by Crippen LogP contribution is -2.25.